The molecule has 108 valence electrons. The number of nitrogens with one attached hydrogen (secondary N) is 1. The Morgan fingerprint density at radius 1 is 1.30 bits per heavy atom. The van der Waals surface area contributed by atoms with Gasteiger partial charge in [0.2, 0.25) is 0 Å². The molecule has 1 N–H and O–H groups in total. The Hall–Kier alpha value is -1.32. The molecule has 0 amide bonds. The molecule has 2 atom stereocenters. The highest BCUT2D eigenvalue weighted by Crippen LogP contribution is 2.38. The second-order valence-electron chi connectivity index (χ2n) is 5.66. The van der Waals surface area contributed by atoms with Crippen molar-refractivity contribution in [3.8, 4) is 5.75 Å². The van der Waals surface area contributed by atoms with Gasteiger partial charge in [0.1, 0.15) is 12.4 Å². The SMILES string of the molecule is C=CCOc1ccccc1CNC1CCOC1C1CC1. The van der Waals surface area contributed by atoms with E-state index in [-0.39, 0.29) is 0 Å². The van der Waals surface area contributed by atoms with Crippen molar-refractivity contribution >= 4 is 0 Å². The highest BCUT2D eigenvalue weighted by molar-refractivity contribution is 5.33. The second kappa shape index (κ2) is 6.42. The summed E-state index contributed by atoms with van der Waals surface area (Å²) in [6.45, 7) is 5.98. The van der Waals surface area contributed by atoms with Gasteiger partial charge in [-0.3, -0.25) is 0 Å². The molecule has 3 nitrogen and oxygen atoms in total. The molecule has 0 bridgehead atoms. The summed E-state index contributed by atoms with van der Waals surface area (Å²) in [6.07, 6.45) is 6.00. The molecule has 1 saturated carbocycles. The molecule has 0 spiro atoms. The zero-order valence-electron chi connectivity index (χ0n) is 11.9. The van der Waals surface area contributed by atoms with E-state index >= 15 is 0 Å². The van der Waals surface area contributed by atoms with E-state index in [0.717, 1.165) is 31.2 Å². The Balaban J connectivity index is 1.58. The van der Waals surface area contributed by atoms with Gasteiger partial charge in [-0.05, 0) is 31.2 Å². The van der Waals surface area contributed by atoms with Gasteiger partial charge in [0, 0.05) is 24.8 Å². The molecule has 1 aromatic carbocycles. The molecule has 3 heteroatoms. The maximum absolute atomic E-state index is 5.87. The van der Waals surface area contributed by atoms with Crippen LogP contribution in [-0.4, -0.2) is 25.4 Å². The smallest absolute Gasteiger partial charge is 0.124 e. The third kappa shape index (κ3) is 3.22. The van der Waals surface area contributed by atoms with Crippen molar-refractivity contribution < 1.29 is 9.47 Å². The van der Waals surface area contributed by atoms with Crippen LogP contribution >= 0.6 is 0 Å². The minimum Gasteiger partial charge on any atom is -0.489 e. The lowest BCUT2D eigenvalue weighted by atomic mass is 10.1. The van der Waals surface area contributed by atoms with Gasteiger partial charge in [-0.2, -0.15) is 0 Å². The van der Waals surface area contributed by atoms with Gasteiger partial charge in [0.25, 0.3) is 0 Å². The summed E-state index contributed by atoms with van der Waals surface area (Å²) in [7, 11) is 0. The Kier molecular flexibility index (Phi) is 4.38. The Bertz CT molecular complexity index is 456. The second-order valence-corrected chi connectivity index (χ2v) is 5.66. The average Bonchev–Trinajstić information content (AvgIpc) is 3.22. The average molecular weight is 273 g/mol. The zero-order valence-corrected chi connectivity index (χ0v) is 11.9. The van der Waals surface area contributed by atoms with Gasteiger partial charge in [0.05, 0.1) is 6.10 Å². The summed E-state index contributed by atoms with van der Waals surface area (Å²) >= 11 is 0. The van der Waals surface area contributed by atoms with Crippen LogP contribution in [0.5, 0.6) is 5.75 Å². The first-order valence-electron chi connectivity index (χ1n) is 7.55. The first-order valence-corrected chi connectivity index (χ1v) is 7.55. The summed E-state index contributed by atoms with van der Waals surface area (Å²) in [6, 6.07) is 8.70. The third-order valence-electron chi connectivity index (χ3n) is 4.11. The first kappa shape index (κ1) is 13.7. The molecule has 2 aliphatic rings. The van der Waals surface area contributed by atoms with E-state index in [0.29, 0.717) is 18.8 Å². The van der Waals surface area contributed by atoms with E-state index in [1.165, 1.54) is 18.4 Å². The number of para-hydroxylation sites is 1. The first-order chi connectivity index (χ1) is 9.88. The fourth-order valence-electron chi connectivity index (χ4n) is 2.90. The summed E-state index contributed by atoms with van der Waals surface area (Å²) in [5, 5.41) is 3.66. The van der Waals surface area contributed by atoms with Crippen LogP contribution in [0.15, 0.2) is 36.9 Å². The molecule has 20 heavy (non-hydrogen) atoms. The highest BCUT2D eigenvalue weighted by atomic mass is 16.5. The number of hydrogen-bond donors (Lipinski definition) is 1. The Morgan fingerprint density at radius 2 is 2.15 bits per heavy atom. The van der Waals surface area contributed by atoms with Crippen molar-refractivity contribution in [1.29, 1.82) is 0 Å². The Labute approximate surface area is 121 Å². The number of hydrogen-bond acceptors (Lipinski definition) is 3. The van der Waals surface area contributed by atoms with Crippen LogP contribution in [0, 0.1) is 5.92 Å². The molecule has 1 saturated heterocycles. The molecule has 1 heterocycles. The molecular formula is C17H23NO2. The van der Waals surface area contributed by atoms with E-state index in [9.17, 15) is 0 Å². The number of rotatable bonds is 7. The van der Waals surface area contributed by atoms with Gasteiger partial charge in [-0.1, -0.05) is 30.9 Å². The predicted octanol–water partition coefficient (Wildman–Crippen LogP) is 2.91. The lowest BCUT2D eigenvalue weighted by molar-refractivity contribution is 0.0808. The quantitative estimate of drug-likeness (QED) is 0.775. The van der Waals surface area contributed by atoms with Crippen LogP contribution in [0.4, 0.5) is 0 Å². The van der Waals surface area contributed by atoms with Gasteiger partial charge in [-0.25, -0.2) is 0 Å². The standard InChI is InChI=1S/C17H23NO2/c1-2-10-19-16-6-4-3-5-14(16)12-18-15-9-11-20-17(15)13-7-8-13/h2-6,13,15,17-18H,1,7-12H2. The van der Waals surface area contributed by atoms with Gasteiger partial charge in [-0.15, -0.1) is 0 Å². The molecule has 1 aliphatic carbocycles. The van der Waals surface area contributed by atoms with Crippen molar-refractivity contribution in [3.63, 3.8) is 0 Å². The molecule has 1 aliphatic heterocycles. The summed E-state index contributed by atoms with van der Waals surface area (Å²) in [4.78, 5) is 0. The summed E-state index contributed by atoms with van der Waals surface area (Å²) < 4.78 is 11.6. The monoisotopic (exact) mass is 273 g/mol. The lowest BCUT2D eigenvalue weighted by Gasteiger charge is -2.20. The normalized spacial score (nSPS) is 25.6. The topological polar surface area (TPSA) is 30.5 Å². The maximum atomic E-state index is 5.87. The molecule has 2 unspecified atom stereocenters. The largest absolute Gasteiger partial charge is 0.489 e. The van der Waals surface area contributed by atoms with Crippen LogP contribution in [-0.2, 0) is 11.3 Å². The van der Waals surface area contributed by atoms with Crippen LogP contribution in [0.25, 0.3) is 0 Å². The van der Waals surface area contributed by atoms with E-state index in [1.54, 1.807) is 6.08 Å². The fraction of sp³-hybridized carbons (Fsp3) is 0.529. The lowest BCUT2D eigenvalue weighted by Crippen LogP contribution is -2.37. The highest BCUT2D eigenvalue weighted by Gasteiger charge is 2.40. The van der Waals surface area contributed by atoms with E-state index in [2.05, 4.69) is 24.0 Å². The van der Waals surface area contributed by atoms with Gasteiger partial charge >= 0.3 is 0 Å². The van der Waals surface area contributed by atoms with E-state index in [4.69, 9.17) is 9.47 Å². The van der Waals surface area contributed by atoms with E-state index < -0.39 is 0 Å². The summed E-state index contributed by atoms with van der Waals surface area (Å²) in [5.74, 6) is 1.74. The van der Waals surface area contributed by atoms with Crippen molar-refractivity contribution in [3.05, 3.63) is 42.5 Å². The maximum Gasteiger partial charge on any atom is 0.124 e. The predicted molar refractivity (Wildman–Crippen MR) is 79.8 cm³/mol. The van der Waals surface area contributed by atoms with Crippen LogP contribution in [0.3, 0.4) is 0 Å². The van der Waals surface area contributed by atoms with Crippen LogP contribution in [0.2, 0.25) is 0 Å². The number of benzene rings is 1. The van der Waals surface area contributed by atoms with Crippen molar-refractivity contribution in [1.82, 2.24) is 5.32 Å². The van der Waals surface area contributed by atoms with Gasteiger partial charge < -0.3 is 14.8 Å². The molecule has 0 aromatic heterocycles. The van der Waals surface area contributed by atoms with E-state index in [1.807, 2.05) is 12.1 Å². The van der Waals surface area contributed by atoms with Crippen LogP contribution < -0.4 is 10.1 Å². The Morgan fingerprint density at radius 3 is 2.95 bits per heavy atom. The minimum absolute atomic E-state index is 0.427. The van der Waals surface area contributed by atoms with Crippen LogP contribution in [0.1, 0.15) is 24.8 Å². The van der Waals surface area contributed by atoms with Crippen molar-refractivity contribution in [2.24, 2.45) is 5.92 Å². The van der Waals surface area contributed by atoms with Gasteiger partial charge in [0.15, 0.2) is 0 Å². The fourth-order valence-corrected chi connectivity index (χ4v) is 2.90. The molecule has 0 radical (unpaired) electrons. The molecule has 2 fully saturated rings. The molecule has 3 rings (SSSR count). The minimum atomic E-state index is 0.427. The third-order valence-corrected chi connectivity index (χ3v) is 4.11. The number of ether oxygens (including phenoxy) is 2. The van der Waals surface area contributed by atoms with Crippen molar-refractivity contribution in [2.45, 2.75) is 38.0 Å². The zero-order chi connectivity index (χ0) is 13.8. The molecular weight excluding hydrogens is 250 g/mol. The summed E-state index contributed by atoms with van der Waals surface area (Å²) in [5.41, 5.74) is 1.20. The molecule has 1 aromatic rings. The van der Waals surface area contributed by atoms with Crippen molar-refractivity contribution in [2.75, 3.05) is 13.2 Å².